The topological polar surface area (TPSA) is 80.9 Å². The predicted molar refractivity (Wildman–Crippen MR) is 72.4 cm³/mol. The molecule has 0 spiro atoms. The zero-order valence-corrected chi connectivity index (χ0v) is 12.0. The lowest BCUT2D eigenvalue weighted by Crippen LogP contribution is -2.27. The lowest BCUT2D eigenvalue weighted by molar-refractivity contribution is -0.123. The van der Waals surface area contributed by atoms with E-state index in [1.807, 2.05) is 20.8 Å². The van der Waals surface area contributed by atoms with Gasteiger partial charge in [-0.25, -0.2) is 0 Å². The van der Waals surface area contributed by atoms with Crippen molar-refractivity contribution < 1.29 is 4.79 Å². The molecule has 0 saturated carbocycles. The fraction of sp³-hybridized carbons (Fsp3) is 0.700. The fourth-order valence-corrected chi connectivity index (χ4v) is 2.63. The van der Waals surface area contributed by atoms with Crippen molar-refractivity contribution in [3.63, 3.8) is 0 Å². The maximum absolute atomic E-state index is 11.7. The summed E-state index contributed by atoms with van der Waals surface area (Å²) in [5, 5.41) is 11.2. The zero-order valence-electron chi connectivity index (χ0n) is 10.3. The van der Waals surface area contributed by atoms with Crippen LogP contribution in [0, 0.1) is 5.41 Å². The minimum atomic E-state index is -0.418. The van der Waals surface area contributed by atoms with Crippen molar-refractivity contribution in [1.82, 2.24) is 10.2 Å². The van der Waals surface area contributed by atoms with E-state index >= 15 is 0 Å². The Kier molecular flexibility index (Phi) is 5.35. The summed E-state index contributed by atoms with van der Waals surface area (Å²) in [5.41, 5.74) is 4.99. The Hall–Kier alpha value is -0.660. The number of nitrogens with two attached hydrogens (primary N) is 1. The highest BCUT2D eigenvalue weighted by Crippen LogP contribution is 2.27. The van der Waals surface area contributed by atoms with Gasteiger partial charge in [-0.3, -0.25) is 4.79 Å². The van der Waals surface area contributed by atoms with Crippen LogP contribution in [0.1, 0.15) is 27.2 Å². The van der Waals surface area contributed by atoms with Gasteiger partial charge in [-0.1, -0.05) is 43.9 Å². The highest BCUT2D eigenvalue weighted by molar-refractivity contribution is 8.01. The summed E-state index contributed by atoms with van der Waals surface area (Å²) < 4.78 is 0.864. The van der Waals surface area contributed by atoms with Crippen molar-refractivity contribution in [2.45, 2.75) is 31.5 Å². The Morgan fingerprint density at radius 2 is 2.18 bits per heavy atom. The molecule has 5 nitrogen and oxygen atoms in total. The SMILES string of the molecule is CC(C)(C)C(=O)Nc1nnc(SCCCN)s1. The quantitative estimate of drug-likeness (QED) is 0.487. The van der Waals surface area contributed by atoms with E-state index < -0.39 is 5.41 Å². The van der Waals surface area contributed by atoms with Gasteiger partial charge in [0.05, 0.1) is 0 Å². The van der Waals surface area contributed by atoms with Crippen LogP contribution in [0.25, 0.3) is 0 Å². The van der Waals surface area contributed by atoms with Crippen molar-refractivity contribution in [3.05, 3.63) is 0 Å². The molecular formula is C10H18N4OS2. The van der Waals surface area contributed by atoms with E-state index in [9.17, 15) is 4.79 Å². The molecule has 0 aliphatic rings. The highest BCUT2D eigenvalue weighted by atomic mass is 32.2. The number of thioether (sulfide) groups is 1. The van der Waals surface area contributed by atoms with Gasteiger partial charge < -0.3 is 11.1 Å². The van der Waals surface area contributed by atoms with Crippen LogP contribution in [0.4, 0.5) is 5.13 Å². The van der Waals surface area contributed by atoms with Crippen LogP contribution in [0.2, 0.25) is 0 Å². The monoisotopic (exact) mass is 274 g/mol. The molecule has 0 fully saturated rings. The summed E-state index contributed by atoms with van der Waals surface area (Å²) in [7, 11) is 0. The first-order valence-corrected chi connectivity index (χ1v) is 7.21. The summed E-state index contributed by atoms with van der Waals surface area (Å²) in [6, 6.07) is 0. The number of nitrogens with one attached hydrogen (secondary N) is 1. The number of aromatic nitrogens is 2. The second-order valence-electron chi connectivity index (χ2n) is 4.57. The van der Waals surface area contributed by atoms with Crippen LogP contribution < -0.4 is 11.1 Å². The largest absolute Gasteiger partial charge is 0.330 e. The Labute approximate surface area is 110 Å². The Balaban J connectivity index is 2.48. The van der Waals surface area contributed by atoms with Crippen molar-refractivity contribution in [2.75, 3.05) is 17.6 Å². The van der Waals surface area contributed by atoms with Crippen LogP contribution in [0.3, 0.4) is 0 Å². The number of rotatable bonds is 5. The van der Waals surface area contributed by atoms with Gasteiger partial charge in [0, 0.05) is 11.2 Å². The number of hydrogen-bond acceptors (Lipinski definition) is 6. The summed E-state index contributed by atoms with van der Waals surface area (Å²) >= 11 is 3.01. The van der Waals surface area contributed by atoms with Crippen LogP contribution in [0.5, 0.6) is 0 Å². The van der Waals surface area contributed by atoms with Gasteiger partial charge in [-0.05, 0) is 13.0 Å². The van der Waals surface area contributed by atoms with E-state index in [1.54, 1.807) is 11.8 Å². The average Bonchev–Trinajstić information content (AvgIpc) is 2.65. The van der Waals surface area contributed by atoms with Gasteiger partial charge in [0.25, 0.3) is 0 Å². The molecule has 96 valence electrons. The first-order valence-electron chi connectivity index (χ1n) is 5.41. The number of carbonyl (C=O) groups is 1. The minimum absolute atomic E-state index is 0.0489. The third kappa shape index (κ3) is 5.01. The first-order chi connectivity index (χ1) is 7.93. The van der Waals surface area contributed by atoms with E-state index in [0.717, 1.165) is 16.5 Å². The number of amides is 1. The normalized spacial score (nSPS) is 11.5. The summed E-state index contributed by atoms with van der Waals surface area (Å²) in [4.78, 5) is 11.7. The molecule has 1 heterocycles. The molecule has 1 aromatic heterocycles. The lowest BCUT2D eigenvalue weighted by Gasteiger charge is -2.15. The van der Waals surface area contributed by atoms with E-state index in [-0.39, 0.29) is 5.91 Å². The van der Waals surface area contributed by atoms with Gasteiger partial charge in [0.15, 0.2) is 4.34 Å². The molecule has 0 unspecified atom stereocenters. The molecule has 0 aliphatic heterocycles. The molecule has 7 heteroatoms. The number of nitrogens with zero attached hydrogens (tertiary/aromatic N) is 2. The molecule has 17 heavy (non-hydrogen) atoms. The van der Waals surface area contributed by atoms with Crippen molar-refractivity contribution in [2.24, 2.45) is 11.1 Å². The first kappa shape index (κ1) is 14.4. The second kappa shape index (κ2) is 6.32. The smallest absolute Gasteiger partial charge is 0.231 e. The van der Waals surface area contributed by atoms with Gasteiger partial charge >= 0.3 is 0 Å². The minimum Gasteiger partial charge on any atom is -0.330 e. The molecule has 1 rings (SSSR count). The van der Waals surface area contributed by atoms with Crippen LogP contribution in [-0.2, 0) is 4.79 Å². The second-order valence-corrected chi connectivity index (χ2v) is 6.89. The summed E-state index contributed by atoms with van der Waals surface area (Å²) in [5.74, 6) is 0.880. The Morgan fingerprint density at radius 1 is 1.47 bits per heavy atom. The highest BCUT2D eigenvalue weighted by Gasteiger charge is 2.22. The molecule has 3 N–H and O–H groups in total. The maximum atomic E-state index is 11.7. The molecule has 1 aromatic rings. The van der Waals surface area contributed by atoms with Gasteiger partial charge in [0.2, 0.25) is 11.0 Å². The third-order valence-corrected chi connectivity index (χ3v) is 3.94. The fourth-order valence-electron chi connectivity index (χ4n) is 0.846. The average molecular weight is 274 g/mol. The Morgan fingerprint density at radius 3 is 2.76 bits per heavy atom. The molecule has 0 bridgehead atoms. The van der Waals surface area contributed by atoms with Crippen molar-refractivity contribution in [3.8, 4) is 0 Å². The summed E-state index contributed by atoms with van der Waals surface area (Å²) in [6.07, 6.45) is 0.952. The van der Waals surface area contributed by atoms with Crippen LogP contribution in [0.15, 0.2) is 4.34 Å². The molecule has 1 amide bonds. The summed E-state index contributed by atoms with van der Waals surface area (Å²) in [6.45, 7) is 6.26. The lowest BCUT2D eigenvalue weighted by atomic mass is 9.96. The standard InChI is InChI=1S/C10H18N4OS2/c1-10(2,3)7(15)12-8-13-14-9(17-8)16-6-4-5-11/h4-6,11H2,1-3H3,(H,12,13,15). The number of hydrogen-bond donors (Lipinski definition) is 2. The van der Waals surface area contributed by atoms with Crippen molar-refractivity contribution in [1.29, 1.82) is 0 Å². The van der Waals surface area contributed by atoms with E-state index in [4.69, 9.17) is 5.73 Å². The van der Waals surface area contributed by atoms with Gasteiger partial charge in [-0.15, -0.1) is 10.2 Å². The molecule has 0 aliphatic carbocycles. The molecule has 0 aromatic carbocycles. The molecule has 0 radical (unpaired) electrons. The zero-order chi connectivity index (χ0) is 12.9. The number of anilines is 1. The van der Waals surface area contributed by atoms with Gasteiger partial charge in [-0.2, -0.15) is 0 Å². The Bertz CT molecular complexity index is 373. The van der Waals surface area contributed by atoms with E-state index in [0.29, 0.717) is 11.7 Å². The number of carbonyl (C=O) groups excluding carboxylic acids is 1. The third-order valence-electron chi connectivity index (χ3n) is 1.88. The molecular weight excluding hydrogens is 256 g/mol. The van der Waals surface area contributed by atoms with E-state index in [2.05, 4.69) is 15.5 Å². The van der Waals surface area contributed by atoms with Crippen LogP contribution >= 0.6 is 23.1 Å². The molecule has 0 saturated heterocycles. The predicted octanol–water partition coefficient (Wildman–Crippen LogP) is 1.96. The maximum Gasteiger partial charge on any atom is 0.231 e. The van der Waals surface area contributed by atoms with Gasteiger partial charge in [0.1, 0.15) is 0 Å². The van der Waals surface area contributed by atoms with Crippen LogP contribution in [-0.4, -0.2) is 28.4 Å². The molecule has 0 atom stereocenters. The van der Waals surface area contributed by atoms with Crippen molar-refractivity contribution >= 4 is 34.1 Å². The van der Waals surface area contributed by atoms with E-state index in [1.165, 1.54) is 11.3 Å².